The Balaban J connectivity index is 1.73. The fourth-order valence-corrected chi connectivity index (χ4v) is 16.7. The minimum absolute atomic E-state index is 0.0301. The number of anilines is 1. The number of carbonyl (C=O) groups is 1. The summed E-state index contributed by atoms with van der Waals surface area (Å²) in [5.41, 5.74) is 1.31. The van der Waals surface area contributed by atoms with Gasteiger partial charge in [0.1, 0.15) is 48.0 Å². The fraction of sp³-hybridized carbons (Fsp3) is 0.529. The summed E-state index contributed by atoms with van der Waals surface area (Å²) in [5.74, 6) is 1.08. The zero-order valence-electron chi connectivity index (χ0n) is 42.0. The molecule has 370 valence electrons. The third-order valence-electron chi connectivity index (χ3n) is 12.5. The number of ether oxygens (including phenoxy) is 5. The lowest BCUT2D eigenvalue weighted by atomic mass is 9.80. The largest absolute Gasteiger partial charge is 0.497 e. The van der Waals surface area contributed by atoms with Gasteiger partial charge in [-0.15, -0.1) is 0 Å². The number of nitrogens with one attached hydrogen (secondary N) is 1. The second kappa shape index (κ2) is 24.8. The molecule has 0 bridgehead atoms. The summed E-state index contributed by atoms with van der Waals surface area (Å²) in [4.78, 5) is 30.4. The number of methoxy groups -OCH3 is 2. The van der Waals surface area contributed by atoms with E-state index in [1.54, 1.807) is 20.3 Å². The lowest BCUT2D eigenvalue weighted by Gasteiger charge is -2.42. The Hall–Kier alpha value is -4.53. The van der Waals surface area contributed by atoms with E-state index in [2.05, 4.69) is 90.3 Å². The van der Waals surface area contributed by atoms with Crippen LogP contribution in [0.3, 0.4) is 0 Å². The van der Waals surface area contributed by atoms with Gasteiger partial charge in [-0.2, -0.15) is 10.2 Å². The molecular weight excluding hydrogens is 902 g/mol. The van der Waals surface area contributed by atoms with Crippen molar-refractivity contribution in [3.8, 4) is 17.6 Å². The van der Waals surface area contributed by atoms with Gasteiger partial charge in [-0.05, 0) is 91.3 Å². The molecule has 17 heteroatoms. The number of hydrogen-bond acceptors (Lipinski definition) is 13. The van der Waals surface area contributed by atoms with E-state index in [9.17, 15) is 14.9 Å². The molecule has 1 aromatic heterocycles. The van der Waals surface area contributed by atoms with Gasteiger partial charge >= 0.3 is 5.69 Å². The smallest absolute Gasteiger partial charge is 0.351 e. The third kappa shape index (κ3) is 12.4. The first kappa shape index (κ1) is 54.4. The first-order valence-corrected chi connectivity index (χ1v) is 26.7. The Morgan fingerprint density at radius 2 is 1.38 bits per heavy atom. The van der Waals surface area contributed by atoms with Crippen molar-refractivity contribution in [2.24, 2.45) is 0 Å². The molecule has 4 aromatic rings. The lowest BCUT2D eigenvalue weighted by Crippen LogP contribution is -2.49. The van der Waals surface area contributed by atoms with Crippen molar-refractivity contribution in [1.29, 1.82) is 5.26 Å². The predicted octanol–water partition coefficient (Wildman–Crippen LogP) is 10.3. The van der Waals surface area contributed by atoms with Crippen LogP contribution in [0, 0.1) is 11.3 Å². The van der Waals surface area contributed by atoms with Gasteiger partial charge in [0.05, 0.1) is 39.9 Å². The number of rotatable bonds is 25. The molecule has 1 aliphatic rings. The van der Waals surface area contributed by atoms with Gasteiger partial charge in [-0.25, -0.2) is 9.46 Å². The number of amides is 1. The molecule has 1 amide bonds. The summed E-state index contributed by atoms with van der Waals surface area (Å²) in [6.45, 7) is 22.8. The van der Waals surface area contributed by atoms with Crippen LogP contribution in [0.2, 0.25) is 16.6 Å². The summed E-state index contributed by atoms with van der Waals surface area (Å²) in [7, 11) is -1.10. The van der Waals surface area contributed by atoms with E-state index < -0.39 is 52.7 Å². The number of aromatic nitrogens is 2. The second-order valence-corrected chi connectivity index (χ2v) is 25.3. The maximum atomic E-state index is 14.1. The molecule has 0 spiro atoms. The van der Waals surface area contributed by atoms with Gasteiger partial charge in [0.25, 0.3) is 8.53 Å². The van der Waals surface area contributed by atoms with Gasteiger partial charge < -0.3 is 42.5 Å². The number of nitriles is 1. The van der Waals surface area contributed by atoms with E-state index in [0.717, 1.165) is 16.7 Å². The molecule has 3 aromatic carbocycles. The Morgan fingerprint density at radius 1 is 0.838 bits per heavy atom. The average Bonchev–Trinajstić information content (AvgIpc) is 3.63. The fourth-order valence-electron chi connectivity index (χ4n) is 9.62. The molecule has 0 saturated carbocycles. The van der Waals surface area contributed by atoms with Gasteiger partial charge in [-0.3, -0.25) is 9.36 Å². The van der Waals surface area contributed by atoms with E-state index in [4.69, 9.17) is 37.2 Å². The van der Waals surface area contributed by atoms with Gasteiger partial charge in [0, 0.05) is 25.2 Å². The number of carbonyl (C=O) groups excluding carboxylic acids is 1. The zero-order valence-corrected chi connectivity index (χ0v) is 43.9. The van der Waals surface area contributed by atoms with Crippen LogP contribution in [-0.4, -0.2) is 93.1 Å². The lowest BCUT2D eigenvalue weighted by molar-refractivity contribution is -0.116. The van der Waals surface area contributed by atoms with E-state index in [0.29, 0.717) is 11.5 Å². The van der Waals surface area contributed by atoms with Crippen LogP contribution in [0.15, 0.2) is 95.9 Å². The Bertz CT molecular complexity index is 2210. The SMILES string of the molecule is COc1ccc(C(OC[C@H]2O[C@@H](n3ccc(NC(C)=O)nc3=O)[C@H](OCO[Si](C(C)C)(C(C)C)C(C)C)[C@@H]2OP(OCCC#N)N(C(C)C)C(C)C)(c2ccccc2)c2ccc(OC)cc2)cc1. The Morgan fingerprint density at radius 3 is 1.85 bits per heavy atom. The molecule has 68 heavy (non-hydrogen) atoms. The normalized spacial score (nSPS) is 18.2. The third-order valence-corrected chi connectivity index (χ3v) is 20.6. The van der Waals surface area contributed by atoms with Gasteiger partial charge in [0.15, 0.2) is 6.23 Å². The minimum atomic E-state index is -2.47. The maximum absolute atomic E-state index is 14.1. The second-order valence-electron chi connectivity index (χ2n) is 18.4. The first-order valence-electron chi connectivity index (χ1n) is 23.5. The quantitative estimate of drug-likeness (QED) is 0.0220. The monoisotopic (exact) mass is 973 g/mol. The Labute approximate surface area is 405 Å². The van der Waals surface area contributed by atoms with Gasteiger partial charge in [-0.1, -0.05) is 96.1 Å². The highest BCUT2D eigenvalue weighted by molar-refractivity contribution is 7.44. The van der Waals surface area contributed by atoms with Crippen LogP contribution in [0.4, 0.5) is 5.82 Å². The van der Waals surface area contributed by atoms with Crippen molar-refractivity contribution in [2.45, 2.75) is 141 Å². The highest BCUT2D eigenvalue weighted by Crippen LogP contribution is 2.52. The zero-order chi connectivity index (χ0) is 49.8. The number of hydrogen-bond donors (Lipinski definition) is 1. The summed E-state index contributed by atoms with van der Waals surface area (Å²) in [5, 5.41) is 12.2. The van der Waals surface area contributed by atoms with Crippen LogP contribution in [0.5, 0.6) is 11.5 Å². The molecule has 5 atom stereocenters. The molecule has 1 fully saturated rings. The van der Waals surface area contributed by atoms with Crippen molar-refractivity contribution in [3.05, 3.63) is 118 Å². The van der Waals surface area contributed by atoms with E-state index in [1.165, 1.54) is 17.7 Å². The summed E-state index contributed by atoms with van der Waals surface area (Å²) < 4.78 is 56.9. The van der Waals surface area contributed by atoms with E-state index in [-0.39, 0.29) is 66.9 Å². The summed E-state index contributed by atoms with van der Waals surface area (Å²) in [6.07, 6.45) is -2.30. The number of benzene rings is 3. The van der Waals surface area contributed by atoms with Crippen LogP contribution >= 0.6 is 8.53 Å². The summed E-state index contributed by atoms with van der Waals surface area (Å²) >= 11 is 0. The molecule has 1 unspecified atom stereocenters. The molecular formula is C51H72N5O10PSi. The molecule has 0 radical (unpaired) electrons. The highest BCUT2D eigenvalue weighted by Gasteiger charge is 2.53. The van der Waals surface area contributed by atoms with Crippen LogP contribution < -0.4 is 20.5 Å². The van der Waals surface area contributed by atoms with Crippen LogP contribution in [-0.2, 0) is 38.1 Å². The van der Waals surface area contributed by atoms with Crippen molar-refractivity contribution < 1.29 is 42.0 Å². The van der Waals surface area contributed by atoms with Crippen LogP contribution in [0.25, 0.3) is 0 Å². The van der Waals surface area contributed by atoms with Crippen molar-refractivity contribution in [3.63, 3.8) is 0 Å². The molecule has 1 aliphatic heterocycles. The molecule has 15 nitrogen and oxygen atoms in total. The number of nitrogens with zero attached hydrogens (tertiary/aromatic N) is 4. The highest BCUT2D eigenvalue weighted by atomic mass is 31.2. The Kier molecular flexibility index (Phi) is 19.9. The van der Waals surface area contributed by atoms with E-state index in [1.807, 2.05) is 78.9 Å². The standard InChI is InChI=1S/C51H72N5O10PSi/c1-34(2)56(35(3)4)67(63-31-17-29-52)66-47-45(32-62-51(40-18-15-14-16-19-40,41-20-24-43(59-12)25-21-41)42-22-26-44(60-13)27-23-42)65-49(55-30-28-46(53-39(11)57)54-50(55)58)48(47)61-33-64-68(36(5)6,37(7)8)38(9)10/h14-16,18-28,30,34-38,45,47-49H,17,31-33H2,1-13H3,(H,53,54,57,58)/t45-,47-,48-,49-,67?/m1/s1. The predicted molar refractivity (Wildman–Crippen MR) is 267 cm³/mol. The minimum Gasteiger partial charge on any atom is -0.497 e. The molecule has 1 N–H and O–H groups in total. The maximum Gasteiger partial charge on any atom is 0.351 e. The average molecular weight is 974 g/mol. The van der Waals surface area contributed by atoms with Crippen molar-refractivity contribution in [2.75, 3.05) is 39.5 Å². The van der Waals surface area contributed by atoms with Crippen molar-refractivity contribution in [1.82, 2.24) is 14.2 Å². The van der Waals surface area contributed by atoms with Crippen LogP contribution in [0.1, 0.15) is 106 Å². The molecule has 1 saturated heterocycles. The molecule has 0 aliphatic carbocycles. The topological polar surface area (TPSA) is 165 Å². The molecule has 5 rings (SSSR count). The first-order chi connectivity index (χ1) is 32.4. The van der Waals surface area contributed by atoms with Crippen molar-refractivity contribution >= 4 is 28.6 Å². The summed E-state index contributed by atoms with van der Waals surface area (Å²) in [6, 6.07) is 29.1. The van der Waals surface area contributed by atoms with E-state index >= 15 is 0 Å². The molecule has 2 heterocycles. The van der Waals surface area contributed by atoms with Gasteiger partial charge in [0.2, 0.25) is 14.2 Å².